The first-order valence-electron chi connectivity index (χ1n) is 9.42. The zero-order valence-electron chi connectivity index (χ0n) is 15.0. The van der Waals surface area contributed by atoms with Crippen LogP contribution in [0, 0.1) is 0 Å². The molecule has 0 heterocycles. The van der Waals surface area contributed by atoms with E-state index in [2.05, 4.69) is 62.4 Å². The molecule has 0 aliphatic carbocycles. The molecule has 1 nitrogen and oxygen atoms in total. The average molecular weight is 320 g/mol. The van der Waals surface area contributed by atoms with Gasteiger partial charge in [-0.3, -0.25) is 0 Å². The lowest BCUT2D eigenvalue weighted by Gasteiger charge is -2.18. The molecule has 3 aromatic rings. The Balaban J connectivity index is 2.18. The van der Waals surface area contributed by atoms with E-state index in [0.717, 1.165) is 31.6 Å². The fourth-order valence-electron chi connectivity index (χ4n) is 3.47. The Labute approximate surface area is 145 Å². The summed E-state index contributed by atoms with van der Waals surface area (Å²) in [6.07, 6.45) is 7.11. The summed E-state index contributed by atoms with van der Waals surface area (Å²) in [5, 5.41) is 5.28. The van der Waals surface area contributed by atoms with Crippen molar-refractivity contribution in [2.24, 2.45) is 0 Å². The molecule has 24 heavy (non-hydrogen) atoms. The Morgan fingerprint density at radius 3 is 1.92 bits per heavy atom. The topological polar surface area (TPSA) is 9.23 Å². The van der Waals surface area contributed by atoms with Crippen LogP contribution in [0.3, 0.4) is 0 Å². The van der Waals surface area contributed by atoms with Gasteiger partial charge in [-0.15, -0.1) is 0 Å². The molecule has 0 radical (unpaired) electrons. The maximum atomic E-state index is 6.33. The minimum Gasteiger partial charge on any atom is -0.493 e. The first-order chi connectivity index (χ1) is 11.9. The van der Waals surface area contributed by atoms with E-state index in [1.165, 1.54) is 46.4 Å². The van der Waals surface area contributed by atoms with Crippen molar-refractivity contribution < 1.29 is 4.74 Å². The van der Waals surface area contributed by atoms with Gasteiger partial charge >= 0.3 is 0 Å². The Morgan fingerprint density at radius 2 is 1.25 bits per heavy atom. The molecule has 0 fully saturated rings. The maximum Gasteiger partial charge on any atom is 0.130 e. The summed E-state index contributed by atoms with van der Waals surface area (Å²) < 4.78 is 6.33. The third-order valence-electron chi connectivity index (χ3n) is 4.76. The molecule has 0 saturated carbocycles. The van der Waals surface area contributed by atoms with Gasteiger partial charge in [0, 0.05) is 10.9 Å². The van der Waals surface area contributed by atoms with Crippen molar-refractivity contribution >= 4 is 21.5 Å². The molecule has 126 valence electrons. The quantitative estimate of drug-likeness (QED) is 0.324. The van der Waals surface area contributed by atoms with Crippen LogP contribution in [0.1, 0.15) is 51.5 Å². The molecule has 0 N–H and O–H groups in total. The third-order valence-corrected chi connectivity index (χ3v) is 4.76. The van der Waals surface area contributed by atoms with Gasteiger partial charge in [0.05, 0.1) is 6.61 Å². The van der Waals surface area contributed by atoms with Crippen molar-refractivity contribution in [1.29, 1.82) is 0 Å². The van der Waals surface area contributed by atoms with Crippen molar-refractivity contribution in [2.75, 3.05) is 6.61 Å². The van der Waals surface area contributed by atoms with Gasteiger partial charge in [0.1, 0.15) is 5.75 Å². The van der Waals surface area contributed by atoms with E-state index in [9.17, 15) is 0 Å². The summed E-state index contributed by atoms with van der Waals surface area (Å²) in [6.45, 7) is 5.28. The summed E-state index contributed by atoms with van der Waals surface area (Å²) in [5.74, 6) is 1.12. The molecule has 0 aromatic heterocycles. The Hall–Kier alpha value is -2.02. The first-order valence-corrected chi connectivity index (χ1v) is 9.42. The molecule has 0 unspecified atom stereocenters. The smallest absolute Gasteiger partial charge is 0.130 e. The Bertz CT molecular complexity index is 735. The minimum absolute atomic E-state index is 0.805. The van der Waals surface area contributed by atoms with Crippen LogP contribution in [0.25, 0.3) is 21.5 Å². The maximum absolute atomic E-state index is 6.33. The van der Waals surface area contributed by atoms with E-state index in [0.29, 0.717) is 0 Å². The molecular weight excluding hydrogens is 292 g/mol. The van der Waals surface area contributed by atoms with E-state index >= 15 is 0 Å². The lowest BCUT2D eigenvalue weighted by atomic mass is 9.93. The van der Waals surface area contributed by atoms with Crippen LogP contribution in [0.5, 0.6) is 5.75 Å². The van der Waals surface area contributed by atoms with Crippen molar-refractivity contribution in [3.8, 4) is 5.75 Å². The fraction of sp³-hybridized carbons (Fsp3) is 0.391. The number of aryl methyl sites for hydroxylation is 1. The van der Waals surface area contributed by atoms with Crippen LogP contribution in [0.15, 0.2) is 48.5 Å². The average Bonchev–Trinajstić information content (AvgIpc) is 2.63. The van der Waals surface area contributed by atoms with Crippen LogP contribution in [0.2, 0.25) is 0 Å². The van der Waals surface area contributed by atoms with E-state index in [1.807, 2.05) is 0 Å². The van der Waals surface area contributed by atoms with Gasteiger partial charge in [-0.2, -0.15) is 0 Å². The predicted molar refractivity (Wildman–Crippen MR) is 105 cm³/mol. The highest BCUT2D eigenvalue weighted by Gasteiger charge is 2.14. The van der Waals surface area contributed by atoms with Crippen LogP contribution in [-0.2, 0) is 6.42 Å². The SMILES string of the molecule is CCCCCc1c(OCCCC)c2ccccc2c2ccccc12. The van der Waals surface area contributed by atoms with Gasteiger partial charge in [0.25, 0.3) is 0 Å². The summed E-state index contributed by atoms with van der Waals surface area (Å²) in [6, 6.07) is 17.5. The standard InChI is InChI=1S/C23H28O/c1-3-5-7-15-21-19-13-9-8-12-18(19)20-14-10-11-16-22(20)23(21)24-17-6-4-2/h8-14,16H,3-7,15,17H2,1-2H3. The fourth-order valence-corrected chi connectivity index (χ4v) is 3.47. The van der Waals surface area contributed by atoms with Crippen molar-refractivity contribution in [3.05, 3.63) is 54.1 Å². The van der Waals surface area contributed by atoms with Crippen molar-refractivity contribution in [3.63, 3.8) is 0 Å². The van der Waals surface area contributed by atoms with Gasteiger partial charge in [0.2, 0.25) is 0 Å². The molecule has 0 saturated heterocycles. The third kappa shape index (κ3) is 3.40. The number of ether oxygens (including phenoxy) is 1. The van der Waals surface area contributed by atoms with Gasteiger partial charge in [0.15, 0.2) is 0 Å². The molecule has 0 spiro atoms. The predicted octanol–water partition coefficient (Wildman–Crippen LogP) is 6.90. The molecule has 3 rings (SSSR count). The second kappa shape index (κ2) is 8.19. The second-order valence-corrected chi connectivity index (χ2v) is 6.56. The molecule has 1 heteroatoms. The number of fused-ring (bicyclic) bond motifs is 3. The van der Waals surface area contributed by atoms with Gasteiger partial charge in [-0.25, -0.2) is 0 Å². The van der Waals surface area contributed by atoms with E-state index in [-0.39, 0.29) is 0 Å². The van der Waals surface area contributed by atoms with Gasteiger partial charge in [-0.05, 0) is 35.4 Å². The molecule has 0 amide bonds. The molecule has 0 aliphatic rings. The van der Waals surface area contributed by atoms with Crippen molar-refractivity contribution in [1.82, 2.24) is 0 Å². The number of unbranched alkanes of at least 4 members (excludes halogenated alkanes) is 3. The number of rotatable bonds is 8. The van der Waals surface area contributed by atoms with Crippen LogP contribution >= 0.6 is 0 Å². The monoisotopic (exact) mass is 320 g/mol. The number of hydrogen-bond acceptors (Lipinski definition) is 1. The number of benzene rings is 3. The molecular formula is C23H28O. The van der Waals surface area contributed by atoms with Crippen LogP contribution in [0.4, 0.5) is 0 Å². The van der Waals surface area contributed by atoms with Gasteiger partial charge in [-0.1, -0.05) is 81.6 Å². The molecule has 0 atom stereocenters. The van der Waals surface area contributed by atoms with Crippen LogP contribution in [-0.4, -0.2) is 6.61 Å². The lowest BCUT2D eigenvalue weighted by molar-refractivity contribution is 0.310. The molecule has 0 bridgehead atoms. The first kappa shape index (κ1) is 16.8. The molecule has 3 aromatic carbocycles. The van der Waals surface area contributed by atoms with Gasteiger partial charge < -0.3 is 4.74 Å². The summed E-state index contributed by atoms with van der Waals surface area (Å²) in [5.41, 5.74) is 1.40. The number of hydrogen-bond donors (Lipinski definition) is 0. The van der Waals surface area contributed by atoms with Crippen LogP contribution < -0.4 is 4.74 Å². The zero-order valence-corrected chi connectivity index (χ0v) is 15.0. The minimum atomic E-state index is 0.805. The molecule has 0 aliphatic heterocycles. The highest BCUT2D eigenvalue weighted by atomic mass is 16.5. The van der Waals surface area contributed by atoms with E-state index in [1.54, 1.807) is 0 Å². The second-order valence-electron chi connectivity index (χ2n) is 6.56. The van der Waals surface area contributed by atoms with E-state index in [4.69, 9.17) is 4.74 Å². The van der Waals surface area contributed by atoms with Crippen molar-refractivity contribution in [2.45, 2.75) is 52.4 Å². The zero-order chi connectivity index (χ0) is 16.8. The largest absolute Gasteiger partial charge is 0.493 e. The Kier molecular flexibility index (Phi) is 5.74. The summed E-state index contributed by atoms with van der Waals surface area (Å²) in [4.78, 5) is 0. The lowest BCUT2D eigenvalue weighted by Crippen LogP contribution is -2.02. The normalized spacial score (nSPS) is 11.2. The van der Waals surface area contributed by atoms with E-state index < -0.39 is 0 Å². The highest BCUT2D eigenvalue weighted by molar-refractivity contribution is 6.12. The summed E-state index contributed by atoms with van der Waals surface area (Å²) in [7, 11) is 0. The Morgan fingerprint density at radius 1 is 0.667 bits per heavy atom. The highest BCUT2D eigenvalue weighted by Crippen LogP contribution is 2.39. The summed E-state index contributed by atoms with van der Waals surface area (Å²) >= 11 is 0.